The highest BCUT2D eigenvalue weighted by Gasteiger charge is 2.18. The zero-order valence-corrected chi connectivity index (χ0v) is 13.8. The molecule has 0 radical (unpaired) electrons. The van der Waals surface area contributed by atoms with Crippen molar-refractivity contribution < 1.29 is 9.90 Å². The van der Waals surface area contributed by atoms with Gasteiger partial charge in [-0.2, -0.15) is 0 Å². The number of benzene rings is 2. The number of aliphatic hydroxyl groups is 1. The number of carbonyl (C=O) groups excluding carboxylic acids is 1. The molecule has 3 aromatic rings. The molecule has 0 aliphatic rings. The van der Waals surface area contributed by atoms with Crippen molar-refractivity contribution in [2.45, 2.75) is 25.8 Å². The fourth-order valence-corrected chi connectivity index (χ4v) is 2.90. The van der Waals surface area contributed by atoms with Crippen molar-refractivity contribution in [1.29, 1.82) is 0 Å². The van der Waals surface area contributed by atoms with Gasteiger partial charge in [-0.1, -0.05) is 23.7 Å². The van der Waals surface area contributed by atoms with Gasteiger partial charge >= 0.3 is 0 Å². The zero-order valence-electron chi connectivity index (χ0n) is 13.1. The average Bonchev–Trinajstić information content (AvgIpc) is 2.90. The standard InChI is InChI=1S/C18H19ClN2O2/c1-10(9-22)20-18(23)11(2)12-3-5-14-15-8-13(19)4-6-16(15)21-17(14)7-12/h3-8,10-11,21-22H,9H2,1-2H3,(H,20,23). The van der Waals surface area contributed by atoms with Crippen molar-refractivity contribution in [3.8, 4) is 0 Å². The Hall–Kier alpha value is -2.04. The van der Waals surface area contributed by atoms with Crippen molar-refractivity contribution in [3.63, 3.8) is 0 Å². The molecule has 3 N–H and O–H groups in total. The summed E-state index contributed by atoms with van der Waals surface area (Å²) in [7, 11) is 0. The predicted octanol–water partition coefficient (Wildman–Crippen LogP) is 3.58. The summed E-state index contributed by atoms with van der Waals surface area (Å²) in [6.07, 6.45) is 0. The van der Waals surface area contributed by atoms with Crippen molar-refractivity contribution in [1.82, 2.24) is 10.3 Å². The summed E-state index contributed by atoms with van der Waals surface area (Å²) in [5.74, 6) is -0.381. The number of nitrogens with one attached hydrogen (secondary N) is 2. The summed E-state index contributed by atoms with van der Waals surface area (Å²) in [6, 6.07) is 11.5. The first-order chi connectivity index (χ1) is 11.0. The maximum Gasteiger partial charge on any atom is 0.227 e. The molecule has 1 heterocycles. The fraction of sp³-hybridized carbons (Fsp3) is 0.278. The minimum absolute atomic E-state index is 0.0692. The van der Waals surface area contributed by atoms with Crippen LogP contribution in [0.25, 0.3) is 21.8 Å². The van der Waals surface area contributed by atoms with Crippen molar-refractivity contribution in [3.05, 3.63) is 47.0 Å². The maximum absolute atomic E-state index is 12.2. The van der Waals surface area contributed by atoms with E-state index in [2.05, 4.69) is 10.3 Å². The minimum atomic E-state index is -0.289. The van der Waals surface area contributed by atoms with E-state index in [0.29, 0.717) is 5.02 Å². The molecule has 23 heavy (non-hydrogen) atoms. The van der Waals surface area contributed by atoms with Crippen LogP contribution in [-0.4, -0.2) is 28.6 Å². The molecular formula is C18H19ClN2O2. The van der Waals surface area contributed by atoms with Gasteiger partial charge in [0.15, 0.2) is 0 Å². The molecule has 2 atom stereocenters. The van der Waals surface area contributed by atoms with Gasteiger partial charge < -0.3 is 15.4 Å². The van der Waals surface area contributed by atoms with Crippen LogP contribution in [0.3, 0.4) is 0 Å². The van der Waals surface area contributed by atoms with E-state index in [0.717, 1.165) is 27.4 Å². The summed E-state index contributed by atoms with van der Waals surface area (Å²) in [6.45, 7) is 3.57. The predicted molar refractivity (Wildman–Crippen MR) is 93.9 cm³/mol. The third kappa shape index (κ3) is 3.05. The molecule has 3 rings (SSSR count). The SMILES string of the molecule is CC(CO)NC(=O)C(C)c1ccc2c(c1)[nH]c1ccc(Cl)cc12. The Bertz CT molecular complexity index is 872. The van der Waals surface area contributed by atoms with E-state index < -0.39 is 0 Å². The normalized spacial score (nSPS) is 14.1. The van der Waals surface area contributed by atoms with E-state index in [1.165, 1.54) is 0 Å². The molecule has 1 amide bonds. The molecule has 1 aromatic heterocycles. The smallest absolute Gasteiger partial charge is 0.227 e. The largest absolute Gasteiger partial charge is 0.394 e. The van der Waals surface area contributed by atoms with Crippen LogP contribution < -0.4 is 5.32 Å². The molecule has 0 saturated heterocycles. The van der Waals surface area contributed by atoms with Gasteiger partial charge in [0.2, 0.25) is 5.91 Å². The third-order valence-corrected chi connectivity index (χ3v) is 4.38. The van der Waals surface area contributed by atoms with Gasteiger partial charge in [-0.3, -0.25) is 4.79 Å². The molecule has 5 heteroatoms. The minimum Gasteiger partial charge on any atom is -0.394 e. The van der Waals surface area contributed by atoms with Gasteiger partial charge in [-0.05, 0) is 43.7 Å². The van der Waals surface area contributed by atoms with Crippen molar-refractivity contribution in [2.75, 3.05) is 6.61 Å². The van der Waals surface area contributed by atoms with Crippen LogP contribution in [0.5, 0.6) is 0 Å². The highest BCUT2D eigenvalue weighted by molar-refractivity contribution is 6.31. The second-order valence-corrected chi connectivity index (χ2v) is 6.37. The summed E-state index contributed by atoms with van der Waals surface area (Å²) in [5, 5.41) is 14.7. The number of fused-ring (bicyclic) bond motifs is 3. The number of aromatic nitrogens is 1. The topological polar surface area (TPSA) is 65.1 Å². The number of hydrogen-bond donors (Lipinski definition) is 3. The lowest BCUT2D eigenvalue weighted by Crippen LogP contribution is -2.37. The van der Waals surface area contributed by atoms with Crippen LogP contribution in [0.1, 0.15) is 25.3 Å². The van der Waals surface area contributed by atoms with Crippen LogP contribution in [0.4, 0.5) is 0 Å². The van der Waals surface area contributed by atoms with Gasteiger partial charge in [-0.15, -0.1) is 0 Å². The van der Waals surface area contributed by atoms with E-state index in [4.69, 9.17) is 16.7 Å². The number of aromatic amines is 1. The highest BCUT2D eigenvalue weighted by Crippen LogP contribution is 2.30. The van der Waals surface area contributed by atoms with Gasteiger partial charge in [-0.25, -0.2) is 0 Å². The molecule has 2 aromatic carbocycles. The first-order valence-electron chi connectivity index (χ1n) is 7.61. The lowest BCUT2D eigenvalue weighted by Gasteiger charge is -2.16. The number of aliphatic hydroxyl groups excluding tert-OH is 1. The van der Waals surface area contributed by atoms with Gasteiger partial charge in [0.05, 0.1) is 12.5 Å². The van der Waals surface area contributed by atoms with Gasteiger partial charge in [0.25, 0.3) is 0 Å². The molecule has 120 valence electrons. The lowest BCUT2D eigenvalue weighted by atomic mass is 9.98. The lowest BCUT2D eigenvalue weighted by molar-refractivity contribution is -0.123. The van der Waals surface area contributed by atoms with E-state index in [9.17, 15) is 4.79 Å². The number of rotatable bonds is 4. The molecule has 0 aliphatic carbocycles. The third-order valence-electron chi connectivity index (χ3n) is 4.14. The molecule has 0 saturated carbocycles. The van der Waals surface area contributed by atoms with Gasteiger partial charge in [0.1, 0.15) is 0 Å². The summed E-state index contributed by atoms with van der Waals surface area (Å²) in [5.41, 5.74) is 2.93. The van der Waals surface area contributed by atoms with Crippen LogP contribution in [0.15, 0.2) is 36.4 Å². The summed E-state index contributed by atoms with van der Waals surface area (Å²) in [4.78, 5) is 15.6. The monoisotopic (exact) mass is 330 g/mol. The van der Waals surface area contributed by atoms with Crippen molar-refractivity contribution >= 4 is 39.3 Å². The summed E-state index contributed by atoms with van der Waals surface area (Å²) >= 11 is 6.07. The Kier molecular flexibility index (Phi) is 4.28. The second kappa shape index (κ2) is 6.22. The number of hydrogen-bond acceptors (Lipinski definition) is 2. The quantitative estimate of drug-likeness (QED) is 0.684. The van der Waals surface area contributed by atoms with E-state index in [-0.39, 0.29) is 24.5 Å². The average molecular weight is 331 g/mol. The van der Waals surface area contributed by atoms with Crippen LogP contribution >= 0.6 is 11.6 Å². The van der Waals surface area contributed by atoms with Crippen LogP contribution in [0, 0.1) is 0 Å². The Morgan fingerprint density at radius 2 is 1.96 bits per heavy atom. The number of H-pyrrole nitrogens is 1. The first-order valence-corrected chi connectivity index (χ1v) is 7.99. The van der Waals surface area contributed by atoms with Crippen LogP contribution in [0.2, 0.25) is 5.02 Å². The number of amides is 1. The Balaban J connectivity index is 1.96. The molecule has 4 nitrogen and oxygen atoms in total. The highest BCUT2D eigenvalue weighted by atomic mass is 35.5. The van der Waals surface area contributed by atoms with Gasteiger partial charge in [0, 0.05) is 32.9 Å². The Morgan fingerprint density at radius 3 is 2.70 bits per heavy atom. The second-order valence-electron chi connectivity index (χ2n) is 5.93. The summed E-state index contributed by atoms with van der Waals surface area (Å²) < 4.78 is 0. The first kappa shape index (κ1) is 15.8. The molecule has 0 bridgehead atoms. The molecule has 2 unspecified atom stereocenters. The fourth-order valence-electron chi connectivity index (χ4n) is 2.73. The maximum atomic E-state index is 12.2. The zero-order chi connectivity index (χ0) is 16.6. The molecule has 0 aliphatic heterocycles. The van der Waals surface area contributed by atoms with E-state index in [1.807, 2.05) is 43.3 Å². The van der Waals surface area contributed by atoms with E-state index in [1.54, 1.807) is 6.92 Å². The molecule has 0 fully saturated rings. The molecule has 0 spiro atoms. The Morgan fingerprint density at radius 1 is 1.17 bits per heavy atom. The number of carbonyl (C=O) groups is 1. The van der Waals surface area contributed by atoms with Crippen molar-refractivity contribution in [2.24, 2.45) is 0 Å². The Labute approximate surface area is 139 Å². The molecular weight excluding hydrogens is 312 g/mol. The van der Waals surface area contributed by atoms with E-state index >= 15 is 0 Å². The van der Waals surface area contributed by atoms with Crippen LogP contribution in [-0.2, 0) is 4.79 Å². The number of halogens is 1.